The molecule has 1 aliphatic heterocycles. The molecule has 1 aliphatic carbocycles. The van der Waals surface area contributed by atoms with Crippen molar-refractivity contribution in [2.45, 2.75) is 38.6 Å². The van der Waals surface area contributed by atoms with Crippen LogP contribution < -0.4 is 5.73 Å². The van der Waals surface area contributed by atoms with Gasteiger partial charge in [-0.2, -0.15) is 0 Å². The summed E-state index contributed by atoms with van der Waals surface area (Å²) in [6.07, 6.45) is 4.06. The van der Waals surface area contributed by atoms with E-state index in [1.54, 1.807) is 0 Å². The quantitative estimate of drug-likeness (QED) is 0.700. The van der Waals surface area contributed by atoms with E-state index in [1.807, 2.05) is 0 Å². The van der Waals surface area contributed by atoms with Gasteiger partial charge in [0.2, 0.25) is 0 Å². The molecule has 0 amide bonds. The molecule has 2 atom stereocenters. The van der Waals surface area contributed by atoms with Crippen LogP contribution >= 0.6 is 0 Å². The van der Waals surface area contributed by atoms with E-state index in [4.69, 9.17) is 5.73 Å². The molecular formula is C11H22N2. The lowest BCUT2D eigenvalue weighted by Gasteiger charge is -2.48. The molecule has 0 aromatic carbocycles. The molecule has 0 aromatic heterocycles. The molecule has 0 spiro atoms. The van der Waals surface area contributed by atoms with Crippen LogP contribution in [0.3, 0.4) is 0 Å². The third-order valence-corrected chi connectivity index (χ3v) is 4.32. The van der Waals surface area contributed by atoms with Crippen LogP contribution in [0.5, 0.6) is 0 Å². The highest BCUT2D eigenvalue weighted by atomic mass is 15.2. The Kier molecular flexibility index (Phi) is 2.37. The van der Waals surface area contributed by atoms with E-state index in [9.17, 15) is 0 Å². The van der Waals surface area contributed by atoms with Gasteiger partial charge in [0, 0.05) is 25.2 Å². The summed E-state index contributed by atoms with van der Waals surface area (Å²) in [5.41, 5.74) is 6.31. The Morgan fingerprint density at radius 3 is 2.08 bits per heavy atom. The zero-order valence-electron chi connectivity index (χ0n) is 8.92. The van der Waals surface area contributed by atoms with Crippen molar-refractivity contribution in [3.63, 3.8) is 0 Å². The van der Waals surface area contributed by atoms with Crippen LogP contribution in [0.25, 0.3) is 0 Å². The fourth-order valence-electron chi connectivity index (χ4n) is 2.75. The molecule has 2 fully saturated rings. The summed E-state index contributed by atoms with van der Waals surface area (Å²) in [6, 6.07) is 0. The van der Waals surface area contributed by atoms with Crippen molar-refractivity contribution in [1.29, 1.82) is 0 Å². The van der Waals surface area contributed by atoms with Gasteiger partial charge >= 0.3 is 0 Å². The van der Waals surface area contributed by atoms with Crippen LogP contribution in [-0.2, 0) is 0 Å². The maximum absolute atomic E-state index is 5.90. The number of rotatable bonds is 2. The Bertz CT molecular complexity index is 171. The fraction of sp³-hybridized carbons (Fsp3) is 1.00. The fourth-order valence-corrected chi connectivity index (χ4v) is 2.75. The molecule has 0 bridgehead atoms. The van der Waals surface area contributed by atoms with Gasteiger partial charge < -0.3 is 5.73 Å². The summed E-state index contributed by atoms with van der Waals surface area (Å²) in [7, 11) is 0. The van der Waals surface area contributed by atoms with Crippen molar-refractivity contribution in [3.05, 3.63) is 0 Å². The van der Waals surface area contributed by atoms with Gasteiger partial charge in [0.25, 0.3) is 0 Å². The molecule has 13 heavy (non-hydrogen) atoms. The SMILES string of the molecule is CC1CN(C2(CN)CCC2)CC1C. The smallest absolute Gasteiger partial charge is 0.0332 e. The molecule has 76 valence electrons. The number of hydrogen-bond acceptors (Lipinski definition) is 2. The Morgan fingerprint density at radius 1 is 1.23 bits per heavy atom. The molecule has 2 aliphatic rings. The summed E-state index contributed by atoms with van der Waals surface area (Å²) < 4.78 is 0. The van der Waals surface area contributed by atoms with Gasteiger partial charge in [-0.3, -0.25) is 4.90 Å². The Morgan fingerprint density at radius 2 is 1.77 bits per heavy atom. The first kappa shape index (κ1) is 9.47. The van der Waals surface area contributed by atoms with Gasteiger partial charge in [-0.05, 0) is 31.1 Å². The molecular weight excluding hydrogens is 160 g/mol. The number of nitrogens with two attached hydrogens (primary N) is 1. The van der Waals surface area contributed by atoms with Crippen LogP contribution in [0.2, 0.25) is 0 Å². The first-order valence-electron chi connectivity index (χ1n) is 5.63. The van der Waals surface area contributed by atoms with E-state index in [1.165, 1.54) is 32.4 Å². The van der Waals surface area contributed by atoms with Crippen molar-refractivity contribution in [3.8, 4) is 0 Å². The molecule has 1 saturated carbocycles. The van der Waals surface area contributed by atoms with Crippen LogP contribution in [0, 0.1) is 11.8 Å². The second kappa shape index (κ2) is 3.25. The topological polar surface area (TPSA) is 29.3 Å². The normalized spacial score (nSPS) is 39.0. The zero-order chi connectivity index (χ0) is 9.47. The second-order valence-corrected chi connectivity index (χ2v) is 5.14. The first-order chi connectivity index (χ1) is 6.18. The monoisotopic (exact) mass is 182 g/mol. The minimum absolute atomic E-state index is 0.416. The molecule has 1 heterocycles. The lowest BCUT2D eigenvalue weighted by molar-refractivity contribution is 0.0398. The van der Waals surface area contributed by atoms with Gasteiger partial charge in [-0.15, -0.1) is 0 Å². The van der Waals surface area contributed by atoms with Crippen molar-refractivity contribution < 1.29 is 0 Å². The minimum Gasteiger partial charge on any atom is -0.329 e. The van der Waals surface area contributed by atoms with Crippen molar-refractivity contribution in [1.82, 2.24) is 4.90 Å². The van der Waals surface area contributed by atoms with E-state index in [0.717, 1.165) is 18.4 Å². The molecule has 2 unspecified atom stereocenters. The standard InChI is InChI=1S/C11H22N2/c1-9-6-13(7-10(9)2)11(8-12)4-3-5-11/h9-10H,3-8,12H2,1-2H3. The average molecular weight is 182 g/mol. The van der Waals surface area contributed by atoms with E-state index >= 15 is 0 Å². The highest BCUT2D eigenvalue weighted by Crippen LogP contribution is 2.40. The Hall–Kier alpha value is -0.0800. The summed E-state index contributed by atoms with van der Waals surface area (Å²) in [6.45, 7) is 8.16. The Labute approximate surface area is 81.5 Å². The van der Waals surface area contributed by atoms with Gasteiger partial charge in [-0.25, -0.2) is 0 Å². The summed E-state index contributed by atoms with van der Waals surface area (Å²) in [5, 5.41) is 0. The molecule has 0 radical (unpaired) electrons. The maximum Gasteiger partial charge on any atom is 0.0332 e. The predicted molar refractivity (Wildman–Crippen MR) is 55.5 cm³/mol. The van der Waals surface area contributed by atoms with E-state index in [0.29, 0.717) is 5.54 Å². The number of likely N-dealkylation sites (tertiary alicyclic amines) is 1. The average Bonchev–Trinajstić information content (AvgIpc) is 2.31. The van der Waals surface area contributed by atoms with Crippen LogP contribution in [-0.4, -0.2) is 30.1 Å². The minimum atomic E-state index is 0.416. The molecule has 2 heteroatoms. The van der Waals surface area contributed by atoms with E-state index in [-0.39, 0.29) is 0 Å². The van der Waals surface area contributed by atoms with Crippen molar-refractivity contribution >= 4 is 0 Å². The zero-order valence-corrected chi connectivity index (χ0v) is 8.92. The maximum atomic E-state index is 5.90. The van der Waals surface area contributed by atoms with Crippen LogP contribution in [0.4, 0.5) is 0 Å². The molecule has 1 saturated heterocycles. The summed E-state index contributed by atoms with van der Waals surface area (Å²) in [5.74, 6) is 1.73. The number of hydrogen-bond donors (Lipinski definition) is 1. The first-order valence-corrected chi connectivity index (χ1v) is 5.63. The highest BCUT2D eigenvalue weighted by Gasteiger charge is 2.44. The lowest BCUT2D eigenvalue weighted by atomic mass is 9.75. The largest absolute Gasteiger partial charge is 0.329 e. The van der Waals surface area contributed by atoms with Gasteiger partial charge in [0.05, 0.1) is 0 Å². The van der Waals surface area contributed by atoms with Gasteiger partial charge in [0.1, 0.15) is 0 Å². The molecule has 2 nitrogen and oxygen atoms in total. The molecule has 0 aromatic rings. The highest BCUT2D eigenvalue weighted by molar-refractivity contribution is 5.01. The summed E-state index contributed by atoms with van der Waals surface area (Å²) in [4.78, 5) is 2.66. The Balaban J connectivity index is 2.01. The lowest BCUT2D eigenvalue weighted by Crippen LogP contribution is -2.57. The third kappa shape index (κ3) is 1.40. The predicted octanol–water partition coefficient (Wildman–Crippen LogP) is 1.46. The van der Waals surface area contributed by atoms with Gasteiger partial charge in [-0.1, -0.05) is 13.8 Å². The van der Waals surface area contributed by atoms with E-state index < -0.39 is 0 Å². The van der Waals surface area contributed by atoms with Crippen molar-refractivity contribution in [2.75, 3.05) is 19.6 Å². The van der Waals surface area contributed by atoms with Crippen LogP contribution in [0.1, 0.15) is 33.1 Å². The molecule has 2 N–H and O–H groups in total. The summed E-state index contributed by atoms with van der Waals surface area (Å²) >= 11 is 0. The third-order valence-electron chi connectivity index (χ3n) is 4.32. The second-order valence-electron chi connectivity index (χ2n) is 5.14. The van der Waals surface area contributed by atoms with Gasteiger partial charge in [0.15, 0.2) is 0 Å². The molecule has 2 rings (SSSR count). The van der Waals surface area contributed by atoms with E-state index in [2.05, 4.69) is 18.7 Å². The van der Waals surface area contributed by atoms with Crippen LogP contribution in [0.15, 0.2) is 0 Å². The van der Waals surface area contributed by atoms with Crippen molar-refractivity contribution in [2.24, 2.45) is 17.6 Å². The number of nitrogens with zero attached hydrogens (tertiary/aromatic N) is 1.